The van der Waals surface area contributed by atoms with Crippen molar-refractivity contribution in [3.63, 3.8) is 0 Å². The van der Waals surface area contributed by atoms with Gasteiger partial charge in [0.05, 0.1) is 18.7 Å². The molecule has 0 bridgehead atoms. The van der Waals surface area contributed by atoms with Gasteiger partial charge in [0.15, 0.2) is 11.4 Å². The number of hydrogen-bond donors (Lipinski definition) is 0. The number of ether oxygens (including phenoxy) is 2. The van der Waals surface area contributed by atoms with E-state index >= 15 is 0 Å². The third kappa shape index (κ3) is 3.18. The molecule has 7 nitrogen and oxygen atoms in total. The van der Waals surface area contributed by atoms with Crippen LogP contribution in [-0.2, 0) is 20.7 Å². The molecule has 0 aliphatic carbocycles. The molecular formula is C22H26N4O3. The van der Waals surface area contributed by atoms with Gasteiger partial charge in [0.25, 0.3) is 0 Å². The standard InChI is InChI=1S/C22H26N4O3/c1-15-17(16(2)26-21(23-15)18-5-3-4-6-19(18)24-26)7-8-20(27)25-11-9-22(10-12-25)28-13-14-29-22/h3-6H,7-14H2,1-2H3. The highest BCUT2D eigenvalue weighted by Gasteiger charge is 2.40. The molecule has 0 radical (unpaired) electrons. The fourth-order valence-corrected chi connectivity index (χ4v) is 4.61. The second-order valence-corrected chi connectivity index (χ2v) is 8.00. The van der Waals surface area contributed by atoms with E-state index in [4.69, 9.17) is 19.6 Å². The van der Waals surface area contributed by atoms with E-state index < -0.39 is 5.79 Å². The topological polar surface area (TPSA) is 69.0 Å². The van der Waals surface area contributed by atoms with Crippen LogP contribution in [0.25, 0.3) is 16.6 Å². The van der Waals surface area contributed by atoms with Crippen molar-refractivity contribution in [1.29, 1.82) is 0 Å². The van der Waals surface area contributed by atoms with Gasteiger partial charge in [-0.25, -0.2) is 9.50 Å². The number of hydrogen-bond acceptors (Lipinski definition) is 5. The lowest BCUT2D eigenvalue weighted by molar-refractivity contribution is -0.187. The molecule has 1 aromatic carbocycles. The van der Waals surface area contributed by atoms with Crippen LogP contribution >= 0.6 is 0 Å². The van der Waals surface area contributed by atoms with Crippen LogP contribution in [0.15, 0.2) is 24.3 Å². The average molecular weight is 394 g/mol. The van der Waals surface area contributed by atoms with E-state index in [9.17, 15) is 4.79 Å². The largest absolute Gasteiger partial charge is 0.347 e. The summed E-state index contributed by atoms with van der Waals surface area (Å²) >= 11 is 0. The SMILES string of the molecule is Cc1nc2c3ccccc3nn2c(C)c1CCC(=O)N1CCC2(CC1)OCCO2. The number of nitrogens with zero attached hydrogens (tertiary/aromatic N) is 4. The number of fused-ring (bicyclic) bond motifs is 3. The molecule has 3 aromatic rings. The maximum absolute atomic E-state index is 12.8. The number of carbonyl (C=O) groups is 1. The number of benzene rings is 1. The molecule has 0 N–H and O–H groups in total. The van der Waals surface area contributed by atoms with Crippen molar-refractivity contribution < 1.29 is 14.3 Å². The van der Waals surface area contributed by atoms with E-state index in [0.717, 1.165) is 46.3 Å². The molecule has 2 aromatic heterocycles. The predicted molar refractivity (Wildman–Crippen MR) is 109 cm³/mol. The van der Waals surface area contributed by atoms with E-state index in [1.807, 2.05) is 40.6 Å². The Balaban J connectivity index is 1.31. The minimum Gasteiger partial charge on any atom is -0.347 e. The zero-order chi connectivity index (χ0) is 20.0. The van der Waals surface area contributed by atoms with Gasteiger partial charge >= 0.3 is 0 Å². The number of aromatic nitrogens is 3. The van der Waals surface area contributed by atoms with Gasteiger partial charge in [0, 0.05) is 49.1 Å². The molecule has 2 aliphatic rings. The van der Waals surface area contributed by atoms with Crippen LogP contribution in [0.2, 0.25) is 0 Å². The minimum absolute atomic E-state index is 0.183. The molecule has 1 spiro atoms. The number of amides is 1. The van der Waals surface area contributed by atoms with E-state index in [-0.39, 0.29) is 5.91 Å². The van der Waals surface area contributed by atoms with Crippen LogP contribution in [0.3, 0.4) is 0 Å². The molecule has 0 unspecified atom stereocenters. The number of likely N-dealkylation sites (tertiary alicyclic amines) is 1. The first-order valence-electron chi connectivity index (χ1n) is 10.4. The van der Waals surface area contributed by atoms with Crippen molar-refractivity contribution in [2.75, 3.05) is 26.3 Å². The summed E-state index contributed by atoms with van der Waals surface area (Å²) in [5, 5.41) is 5.76. The summed E-state index contributed by atoms with van der Waals surface area (Å²) < 4.78 is 13.4. The van der Waals surface area contributed by atoms with Gasteiger partial charge in [0.1, 0.15) is 0 Å². The average Bonchev–Trinajstić information content (AvgIpc) is 3.33. The maximum atomic E-state index is 12.8. The Hall–Kier alpha value is -2.51. The quantitative estimate of drug-likeness (QED) is 0.683. The fraction of sp³-hybridized carbons (Fsp3) is 0.500. The number of rotatable bonds is 3. The van der Waals surface area contributed by atoms with Crippen molar-refractivity contribution in [2.45, 2.75) is 45.3 Å². The molecule has 2 aliphatic heterocycles. The molecule has 29 heavy (non-hydrogen) atoms. The predicted octanol–water partition coefficient (Wildman–Crippen LogP) is 2.80. The summed E-state index contributed by atoms with van der Waals surface area (Å²) in [5.74, 6) is -0.261. The summed E-state index contributed by atoms with van der Waals surface area (Å²) in [4.78, 5) is 19.5. The molecule has 0 saturated carbocycles. The minimum atomic E-state index is -0.443. The monoisotopic (exact) mass is 394 g/mol. The second kappa shape index (κ2) is 7.07. The van der Waals surface area contributed by atoms with E-state index in [2.05, 4.69) is 6.92 Å². The molecule has 2 fully saturated rings. The van der Waals surface area contributed by atoms with Crippen LogP contribution in [0.4, 0.5) is 0 Å². The first-order valence-corrected chi connectivity index (χ1v) is 10.4. The molecule has 152 valence electrons. The highest BCUT2D eigenvalue weighted by atomic mass is 16.7. The van der Waals surface area contributed by atoms with Gasteiger partial charge in [-0.3, -0.25) is 4.79 Å². The second-order valence-electron chi connectivity index (χ2n) is 8.00. The van der Waals surface area contributed by atoms with Crippen molar-refractivity contribution in [2.24, 2.45) is 0 Å². The Morgan fingerprint density at radius 2 is 1.86 bits per heavy atom. The smallest absolute Gasteiger partial charge is 0.222 e. The summed E-state index contributed by atoms with van der Waals surface area (Å²) in [7, 11) is 0. The third-order valence-corrected chi connectivity index (χ3v) is 6.30. The Morgan fingerprint density at radius 1 is 1.14 bits per heavy atom. The van der Waals surface area contributed by atoms with E-state index in [0.29, 0.717) is 39.1 Å². The first kappa shape index (κ1) is 18.5. The van der Waals surface area contributed by atoms with Crippen molar-refractivity contribution in [3.8, 4) is 0 Å². The maximum Gasteiger partial charge on any atom is 0.222 e. The Morgan fingerprint density at radius 3 is 2.62 bits per heavy atom. The lowest BCUT2D eigenvalue weighted by atomic mass is 10.0. The molecule has 1 amide bonds. The number of piperidine rings is 1. The zero-order valence-corrected chi connectivity index (χ0v) is 17.0. The van der Waals surface area contributed by atoms with E-state index in [1.165, 1.54) is 0 Å². The molecule has 4 heterocycles. The summed E-state index contributed by atoms with van der Waals surface area (Å²) in [6.07, 6.45) is 2.66. The van der Waals surface area contributed by atoms with Crippen LogP contribution in [-0.4, -0.2) is 57.5 Å². The normalized spacial score (nSPS) is 18.9. The number of aryl methyl sites for hydroxylation is 2. The molecule has 5 rings (SSSR count). The molecule has 2 saturated heterocycles. The zero-order valence-electron chi connectivity index (χ0n) is 17.0. The summed E-state index contributed by atoms with van der Waals surface area (Å²) in [6.45, 7) is 6.78. The molecule has 0 atom stereocenters. The van der Waals surface area contributed by atoms with Gasteiger partial charge in [-0.05, 0) is 38.0 Å². The Kier molecular flexibility index (Phi) is 4.52. The lowest BCUT2D eigenvalue weighted by Gasteiger charge is -2.37. The van der Waals surface area contributed by atoms with Crippen LogP contribution in [0.5, 0.6) is 0 Å². The van der Waals surface area contributed by atoms with Gasteiger partial charge < -0.3 is 14.4 Å². The fourth-order valence-electron chi connectivity index (χ4n) is 4.61. The van der Waals surface area contributed by atoms with Gasteiger partial charge in [-0.15, -0.1) is 0 Å². The molecular weight excluding hydrogens is 368 g/mol. The van der Waals surface area contributed by atoms with Gasteiger partial charge in [-0.2, -0.15) is 5.10 Å². The van der Waals surface area contributed by atoms with Crippen molar-refractivity contribution >= 4 is 22.5 Å². The summed E-state index contributed by atoms with van der Waals surface area (Å²) in [5.41, 5.74) is 4.95. The third-order valence-electron chi connectivity index (χ3n) is 6.30. The van der Waals surface area contributed by atoms with E-state index in [1.54, 1.807) is 0 Å². The number of carbonyl (C=O) groups excluding carboxylic acids is 1. The highest BCUT2D eigenvalue weighted by molar-refractivity contribution is 5.92. The highest BCUT2D eigenvalue weighted by Crippen LogP contribution is 2.31. The van der Waals surface area contributed by atoms with Gasteiger partial charge in [-0.1, -0.05) is 12.1 Å². The molecule has 7 heteroatoms. The van der Waals surface area contributed by atoms with Crippen molar-refractivity contribution in [3.05, 3.63) is 41.2 Å². The van der Waals surface area contributed by atoms with Crippen LogP contribution < -0.4 is 0 Å². The van der Waals surface area contributed by atoms with Crippen molar-refractivity contribution in [1.82, 2.24) is 19.5 Å². The first-order chi connectivity index (χ1) is 14.1. The van der Waals surface area contributed by atoms with Gasteiger partial charge in [0.2, 0.25) is 5.91 Å². The Labute approximate surface area is 169 Å². The summed E-state index contributed by atoms with van der Waals surface area (Å²) in [6, 6.07) is 8.05. The lowest BCUT2D eigenvalue weighted by Crippen LogP contribution is -2.47. The van der Waals surface area contributed by atoms with Crippen LogP contribution in [0.1, 0.15) is 36.2 Å². The van der Waals surface area contributed by atoms with Crippen LogP contribution in [0, 0.1) is 13.8 Å². The Bertz CT molecular complexity index is 1070.